The lowest BCUT2D eigenvalue weighted by atomic mass is 9.78. The smallest absolute Gasteiger partial charge is 0.224 e. The van der Waals surface area contributed by atoms with Crippen LogP contribution in [-0.4, -0.2) is 11.8 Å². The van der Waals surface area contributed by atoms with Gasteiger partial charge in [0.1, 0.15) is 0 Å². The van der Waals surface area contributed by atoms with Crippen molar-refractivity contribution in [1.82, 2.24) is 10.6 Å². The summed E-state index contributed by atoms with van der Waals surface area (Å²) in [5, 5.41) is 5.83. The summed E-state index contributed by atoms with van der Waals surface area (Å²) in [7, 11) is 0. The van der Waals surface area contributed by atoms with E-state index in [4.69, 9.17) is 8.83 Å². The van der Waals surface area contributed by atoms with E-state index < -0.39 is 0 Å². The molecule has 0 aliphatic heterocycles. The number of nitrogens with one attached hydrogen (secondary N) is 2. The predicted molar refractivity (Wildman–Crippen MR) is 86.6 cm³/mol. The van der Waals surface area contributed by atoms with E-state index in [1.165, 1.54) is 0 Å². The van der Waals surface area contributed by atoms with E-state index in [2.05, 4.69) is 10.6 Å². The maximum Gasteiger partial charge on any atom is 0.224 e. The maximum atomic E-state index is 12.5. The molecule has 0 unspecified atom stereocenters. The van der Waals surface area contributed by atoms with Gasteiger partial charge in [-0.25, -0.2) is 0 Å². The summed E-state index contributed by atoms with van der Waals surface area (Å²) in [6.45, 7) is 0.852. The first kappa shape index (κ1) is 16.4. The van der Waals surface area contributed by atoms with Crippen LogP contribution >= 0.6 is 0 Å². The second kappa shape index (κ2) is 7.86. The molecule has 2 aromatic heterocycles. The van der Waals surface area contributed by atoms with Gasteiger partial charge in [-0.2, -0.15) is 0 Å². The Morgan fingerprint density at radius 3 is 1.71 bits per heavy atom. The molecule has 1 saturated carbocycles. The van der Waals surface area contributed by atoms with Gasteiger partial charge < -0.3 is 19.5 Å². The summed E-state index contributed by atoms with van der Waals surface area (Å²) in [6.07, 6.45) is 9.83. The van der Waals surface area contributed by atoms with Gasteiger partial charge in [-0.3, -0.25) is 9.59 Å². The third kappa shape index (κ3) is 4.07. The van der Waals surface area contributed by atoms with Crippen LogP contribution in [0.3, 0.4) is 0 Å². The van der Waals surface area contributed by atoms with Gasteiger partial charge in [-0.05, 0) is 25.0 Å². The Kier molecular flexibility index (Phi) is 5.36. The standard InChI is InChI=1S/C18H22N2O4/c21-17(19-9-13-5-7-23-11-13)15-3-1-2-4-16(15)18(22)20-10-14-6-8-24-12-14/h5-8,11-12,15-16H,1-4,9-10H2,(H,19,21)(H,20,22)/t15-,16-/m0/s1. The van der Waals surface area contributed by atoms with E-state index in [0.717, 1.165) is 36.8 Å². The van der Waals surface area contributed by atoms with Crippen LogP contribution in [0.1, 0.15) is 36.8 Å². The molecule has 2 amide bonds. The zero-order valence-corrected chi connectivity index (χ0v) is 13.5. The van der Waals surface area contributed by atoms with E-state index >= 15 is 0 Å². The van der Waals surface area contributed by atoms with Crippen molar-refractivity contribution in [3.8, 4) is 0 Å². The Labute approximate surface area is 140 Å². The van der Waals surface area contributed by atoms with Crippen LogP contribution in [0.25, 0.3) is 0 Å². The van der Waals surface area contributed by atoms with E-state index in [0.29, 0.717) is 13.1 Å². The Bertz CT molecular complexity index is 590. The highest BCUT2D eigenvalue weighted by atomic mass is 16.3. The first-order chi connectivity index (χ1) is 11.7. The summed E-state index contributed by atoms with van der Waals surface area (Å²) in [4.78, 5) is 25.0. The minimum Gasteiger partial charge on any atom is -0.472 e. The van der Waals surface area contributed by atoms with Crippen molar-refractivity contribution in [2.75, 3.05) is 0 Å². The summed E-state index contributed by atoms with van der Waals surface area (Å²) < 4.78 is 9.99. The van der Waals surface area contributed by atoms with Crippen molar-refractivity contribution in [2.24, 2.45) is 11.8 Å². The molecule has 1 aliphatic carbocycles. The maximum absolute atomic E-state index is 12.5. The van der Waals surface area contributed by atoms with Crippen molar-refractivity contribution >= 4 is 11.8 Å². The molecule has 24 heavy (non-hydrogen) atoms. The molecule has 2 atom stereocenters. The lowest BCUT2D eigenvalue weighted by molar-refractivity contribution is -0.136. The molecule has 0 saturated heterocycles. The molecule has 2 N–H and O–H groups in total. The van der Waals surface area contributed by atoms with Crippen LogP contribution < -0.4 is 10.6 Å². The van der Waals surface area contributed by atoms with Gasteiger partial charge >= 0.3 is 0 Å². The van der Waals surface area contributed by atoms with E-state index in [9.17, 15) is 9.59 Å². The number of amides is 2. The fourth-order valence-corrected chi connectivity index (χ4v) is 3.19. The number of hydrogen-bond donors (Lipinski definition) is 2. The SMILES string of the molecule is O=C(NCc1ccoc1)[C@H]1CCCC[C@@H]1C(=O)NCc1ccoc1. The zero-order valence-electron chi connectivity index (χ0n) is 13.5. The topological polar surface area (TPSA) is 84.5 Å². The summed E-state index contributed by atoms with van der Waals surface area (Å²) >= 11 is 0. The molecule has 6 nitrogen and oxygen atoms in total. The molecular weight excluding hydrogens is 308 g/mol. The summed E-state index contributed by atoms with van der Waals surface area (Å²) in [6, 6.07) is 3.63. The lowest BCUT2D eigenvalue weighted by Crippen LogP contribution is -2.43. The predicted octanol–water partition coefficient (Wildman–Crippen LogP) is 2.61. The molecule has 128 valence electrons. The highest BCUT2D eigenvalue weighted by Crippen LogP contribution is 2.30. The van der Waals surface area contributed by atoms with Gasteiger partial charge in [-0.15, -0.1) is 0 Å². The average molecular weight is 330 g/mol. The van der Waals surface area contributed by atoms with Crippen LogP contribution in [0, 0.1) is 11.8 Å². The monoisotopic (exact) mass is 330 g/mol. The Morgan fingerprint density at radius 2 is 1.33 bits per heavy atom. The van der Waals surface area contributed by atoms with E-state index in [1.54, 1.807) is 25.1 Å². The number of carbonyl (C=O) groups is 2. The normalized spacial score (nSPS) is 20.5. The molecular formula is C18H22N2O4. The third-order valence-electron chi connectivity index (χ3n) is 4.53. The molecule has 1 aliphatic rings. The van der Waals surface area contributed by atoms with Gasteiger partial charge in [0, 0.05) is 36.1 Å². The molecule has 0 aromatic carbocycles. The minimum atomic E-state index is -0.269. The largest absolute Gasteiger partial charge is 0.472 e. The Balaban J connectivity index is 1.55. The van der Waals surface area contributed by atoms with Crippen LogP contribution in [0.2, 0.25) is 0 Å². The fraction of sp³-hybridized carbons (Fsp3) is 0.444. The molecule has 2 aromatic rings. The lowest BCUT2D eigenvalue weighted by Gasteiger charge is -2.29. The quantitative estimate of drug-likeness (QED) is 0.852. The van der Waals surface area contributed by atoms with Gasteiger partial charge in [0.15, 0.2) is 0 Å². The van der Waals surface area contributed by atoms with Crippen LogP contribution in [0.15, 0.2) is 46.0 Å². The third-order valence-corrected chi connectivity index (χ3v) is 4.53. The molecule has 1 fully saturated rings. The number of hydrogen-bond acceptors (Lipinski definition) is 4. The van der Waals surface area contributed by atoms with Crippen molar-refractivity contribution in [3.63, 3.8) is 0 Å². The molecule has 0 spiro atoms. The highest BCUT2D eigenvalue weighted by molar-refractivity contribution is 5.87. The summed E-state index contributed by atoms with van der Waals surface area (Å²) in [5.41, 5.74) is 1.83. The van der Waals surface area contributed by atoms with Crippen molar-refractivity contribution in [3.05, 3.63) is 48.3 Å². The minimum absolute atomic E-state index is 0.0561. The van der Waals surface area contributed by atoms with Crippen molar-refractivity contribution in [2.45, 2.75) is 38.8 Å². The number of rotatable bonds is 6. The van der Waals surface area contributed by atoms with Crippen LogP contribution in [0.4, 0.5) is 0 Å². The van der Waals surface area contributed by atoms with Crippen molar-refractivity contribution in [1.29, 1.82) is 0 Å². The van der Waals surface area contributed by atoms with Gasteiger partial charge in [-0.1, -0.05) is 12.8 Å². The van der Waals surface area contributed by atoms with Crippen LogP contribution in [-0.2, 0) is 22.7 Å². The second-order valence-corrected chi connectivity index (χ2v) is 6.20. The fourth-order valence-electron chi connectivity index (χ4n) is 3.19. The zero-order chi connectivity index (χ0) is 16.8. The Morgan fingerprint density at radius 1 is 0.875 bits per heavy atom. The van der Waals surface area contributed by atoms with Gasteiger partial charge in [0.2, 0.25) is 11.8 Å². The molecule has 0 bridgehead atoms. The van der Waals surface area contributed by atoms with E-state index in [-0.39, 0.29) is 23.7 Å². The Hall–Kier alpha value is -2.50. The summed E-state index contributed by atoms with van der Waals surface area (Å²) in [5.74, 6) is -0.649. The van der Waals surface area contributed by atoms with E-state index in [1.807, 2.05) is 12.1 Å². The molecule has 2 heterocycles. The van der Waals surface area contributed by atoms with Gasteiger partial charge in [0.25, 0.3) is 0 Å². The first-order valence-electron chi connectivity index (χ1n) is 8.31. The first-order valence-corrected chi connectivity index (χ1v) is 8.31. The molecule has 6 heteroatoms. The van der Waals surface area contributed by atoms with Gasteiger partial charge in [0.05, 0.1) is 25.1 Å². The number of carbonyl (C=O) groups excluding carboxylic acids is 2. The molecule has 0 radical (unpaired) electrons. The molecule has 3 rings (SSSR count). The average Bonchev–Trinajstić information content (AvgIpc) is 3.31. The second-order valence-electron chi connectivity index (χ2n) is 6.20. The number of furan rings is 2. The van der Waals surface area contributed by atoms with Crippen LogP contribution in [0.5, 0.6) is 0 Å². The van der Waals surface area contributed by atoms with Crippen molar-refractivity contribution < 1.29 is 18.4 Å². The highest BCUT2D eigenvalue weighted by Gasteiger charge is 2.35.